The standard InChI is InChI=1S/C14H22N4O2/c1-17(11-14(15)19)9-13-10-18(5-6-20-13)8-12-3-2-4-16-7-12/h2-4,7,13H,5-6,8-11H2,1H3,(H2,15,19)/t13-/m0/s1. The molecule has 1 atom stereocenters. The Balaban J connectivity index is 1.81. The van der Waals surface area contributed by atoms with Gasteiger partial charge in [-0.05, 0) is 18.7 Å². The molecule has 2 N–H and O–H groups in total. The third-order valence-electron chi connectivity index (χ3n) is 3.29. The molecule has 0 radical (unpaired) electrons. The molecule has 1 aromatic rings. The molecule has 20 heavy (non-hydrogen) atoms. The summed E-state index contributed by atoms with van der Waals surface area (Å²) in [4.78, 5) is 19.3. The summed E-state index contributed by atoms with van der Waals surface area (Å²) in [5.41, 5.74) is 6.40. The Morgan fingerprint density at radius 1 is 1.65 bits per heavy atom. The highest BCUT2D eigenvalue weighted by Crippen LogP contribution is 2.10. The summed E-state index contributed by atoms with van der Waals surface area (Å²) in [7, 11) is 1.88. The quantitative estimate of drug-likeness (QED) is 0.773. The minimum Gasteiger partial charge on any atom is -0.374 e. The lowest BCUT2D eigenvalue weighted by atomic mass is 10.2. The highest BCUT2D eigenvalue weighted by Gasteiger charge is 2.22. The first-order chi connectivity index (χ1) is 9.63. The van der Waals surface area contributed by atoms with Crippen LogP contribution >= 0.6 is 0 Å². The van der Waals surface area contributed by atoms with Crippen molar-refractivity contribution >= 4 is 5.91 Å². The molecule has 2 heterocycles. The van der Waals surface area contributed by atoms with Crippen LogP contribution in [0.3, 0.4) is 0 Å². The van der Waals surface area contributed by atoms with Crippen LogP contribution < -0.4 is 5.73 Å². The van der Waals surface area contributed by atoms with E-state index in [1.807, 2.05) is 24.2 Å². The van der Waals surface area contributed by atoms with E-state index in [0.717, 1.165) is 26.2 Å². The van der Waals surface area contributed by atoms with Crippen LogP contribution in [0.5, 0.6) is 0 Å². The molecule has 0 spiro atoms. The predicted molar refractivity (Wildman–Crippen MR) is 75.9 cm³/mol. The maximum Gasteiger partial charge on any atom is 0.231 e. The van der Waals surface area contributed by atoms with Gasteiger partial charge in [-0.1, -0.05) is 6.07 Å². The number of likely N-dealkylation sites (N-methyl/N-ethyl adjacent to an activating group) is 1. The third kappa shape index (κ3) is 4.88. The molecule has 0 unspecified atom stereocenters. The van der Waals surface area contributed by atoms with Crippen LogP contribution in [0.15, 0.2) is 24.5 Å². The van der Waals surface area contributed by atoms with Gasteiger partial charge in [0, 0.05) is 38.6 Å². The summed E-state index contributed by atoms with van der Waals surface area (Å²) in [6.45, 7) is 4.36. The van der Waals surface area contributed by atoms with Crippen molar-refractivity contribution in [2.75, 3.05) is 39.8 Å². The van der Waals surface area contributed by atoms with E-state index in [1.165, 1.54) is 5.56 Å². The van der Waals surface area contributed by atoms with Gasteiger partial charge in [0.1, 0.15) is 0 Å². The Morgan fingerprint density at radius 3 is 3.20 bits per heavy atom. The molecular weight excluding hydrogens is 256 g/mol. The zero-order valence-corrected chi connectivity index (χ0v) is 11.9. The molecule has 0 saturated carbocycles. The summed E-state index contributed by atoms with van der Waals surface area (Å²) in [5, 5.41) is 0. The molecule has 6 nitrogen and oxygen atoms in total. The maximum atomic E-state index is 10.9. The molecule has 1 aliphatic heterocycles. The Morgan fingerprint density at radius 2 is 2.50 bits per heavy atom. The summed E-state index contributed by atoms with van der Waals surface area (Å²) in [6.07, 6.45) is 3.79. The number of pyridine rings is 1. The second kappa shape index (κ2) is 7.33. The third-order valence-corrected chi connectivity index (χ3v) is 3.29. The van der Waals surface area contributed by atoms with Crippen molar-refractivity contribution in [3.05, 3.63) is 30.1 Å². The van der Waals surface area contributed by atoms with E-state index in [-0.39, 0.29) is 18.6 Å². The smallest absolute Gasteiger partial charge is 0.231 e. The number of aromatic nitrogens is 1. The SMILES string of the molecule is CN(CC(N)=O)C[C@H]1CN(Cc2cccnc2)CCO1. The van der Waals surface area contributed by atoms with E-state index in [0.29, 0.717) is 6.54 Å². The predicted octanol–water partition coefficient (Wildman–Crippen LogP) is -0.300. The number of primary amides is 1. The number of carbonyl (C=O) groups is 1. The molecule has 1 saturated heterocycles. The monoisotopic (exact) mass is 278 g/mol. The Kier molecular flexibility index (Phi) is 5.46. The molecule has 1 aliphatic rings. The normalized spacial score (nSPS) is 20.2. The fraction of sp³-hybridized carbons (Fsp3) is 0.571. The van der Waals surface area contributed by atoms with Crippen molar-refractivity contribution in [1.82, 2.24) is 14.8 Å². The Bertz CT molecular complexity index is 426. The number of hydrogen-bond donors (Lipinski definition) is 1. The van der Waals surface area contributed by atoms with Gasteiger partial charge in [-0.2, -0.15) is 0 Å². The Hall–Kier alpha value is -1.50. The topological polar surface area (TPSA) is 71.7 Å². The van der Waals surface area contributed by atoms with Crippen LogP contribution in [-0.4, -0.2) is 66.6 Å². The first kappa shape index (κ1) is 14.9. The molecular formula is C14H22N4O2. The zero-order chi connectivity index (χ0) is 14.4. The Labute approximate surface area is 119 Å². The van der Waals surface area contributed by atoms with E-state index in [1.54, 1.807) is 6.20 Å². The van der Waals surface area contributed by atoms with Gasteiger partial charge in [-0.15, -0.1) is 0 Å². The first-order valence-corrected chi connectivity index (χ1v) is 6.83. The molecule has 0 aliphatic carbocycles. The largest absolute Gasteiger partial charge is 0.374 e. The number of carbonyl (C=O) groups excluding carboxylic acids is 1. The zero-order valence-electron chi connectivity index (χ0n) is 11.9. The number of nitrogens with zero attached hydrogens (tertiary/aromatic N) is 3. The molecule has 1 fully saturated rings. The number of hydrogen-bond acceptors (Lipinski definition) is 5. The molecule has 6 heteroatoms. The van der Waals surface area contributed by atoms with E-state index in [4.69, 9.17) is 10.5 Å². The minimum atomic E-state index is -0.310. The average molecular weight is 278 g/mol. The van der Waals surface area contributed by atoms with Crippen LogP contribution in [0.2, 0.25) is 0 Å². The summed E-state index contributed by atoms with van der Waals surface area (Å²) < 4.78 is 5.75. The van der Waals surface area contributed by atoms with Crippen molar-refractivity contribution in [3.8, 4) is 0 Å². The second-order valence-corrected chi connectivity index (χ2v) is 5.25. The van der Waals surface area contributed by atoms with Gasteiger partial charge in [0.25, 0.3) is 0 Å². The number of amides is 1. The highest BCUT2D eigenvalue weighted by molar-refractivity contribution is 5.75. The molecule has 2 rings (SSSR count). The van der Waals surface area contributed by atoms with Gasteiger partial charge in [0.15, 0.2) is 0 Å². The lowest BCUT2D eigenvalue weighted by molar-refractivity contribution is -0.119. The van der Waals surface area contributed by atoms with Gasteiger partial charge in [-0.25, -0.2) is 0 Å². The van der Waals surface area contributed by atoms with E-state index >= 15 is 0 Å². The second-order valence-electron chi connectivity index (χ2n) is 5.25. The van der Waals surface area contributed by atoms with E-state index in [9.17, 15) is 4.79 Å². The molecule has 0 bridgehead atoms. The van der Waals surface area contributed by atoms with Crippen molar-refractivity contribution in [2.45, 2.75) is 12.6 Å². The fourth-order valence-corrected chi connectivity index (χ4v) is 2.46. The van der Waals surface area contributed by atoms with Crippen LogP contribution in [0.25, 0.3) is 0 Å². The van der Waals surface area contributed by atoms with E-state index < -0.39 is 0 Å². The number of rotatable bonds is 6. The van der Waals surface area contributed by atoms with Crippen molar-refractivity contribution in [2.24, 2.45) is 5.73 Å². The first-order valence-electron chi connectivity index (χ1n) is 6.83. The number of ether oxygens (including phenoxy) is 1. The number of morpholine rings is 1. The lowest BCUT2D eigenvalue weighted by Gasteiger charge is -2.34. The molecule has 0 aromatic carbocycles. The van der Waals surface area contributed by atoms with Gasteiger partial charge in [0.2, 0.25) is 5.91 Å². The van der Waals surface area contributed by atoms with Crippen LogP contribution in [-0.2, 0) is 16.1 Å². The van der Waals surface area contributed by atoms with E-state index in [2.05, 4.69) is 16.0 Å². The van der Waals surface area contributed by atoms with Gasteiger partial charge >= 0.3 is 0 Å². The maximum absolute atomic E-state index is 10.9. The minimum absolute atomic E-state index is 0.116. The van der Waals surface area contributed by atoms with Crippen molar-refractivity contribution in [3.63, 3.8) is 0 Å². The van der Waals surface area contributed by atoms with Gasteiger partial charge < -0.3 is 10.5 Å². The average Bonchev–Trinajstić information content (AvgIpc) is 2.39. The van der Waals surface area contributed by atoms with Gasteiger partial charge in [0.05, 0.1) is 19.3 Å². The summed E-state index contributed by atoms with van der Waals surface area (Å²) in [5.74, 6) is -0.310. The van der Waals surface area contributed by atoms with Crippen molar-refractivity contribution in [1.29, 1.82) is 0 Å². The number of nitrogens with two attached hydrogens (primary N) is 1. The van der Waals surface area contributed by atoms with Gasteiger partial charge in [-0.3, -0.25) is 19.6 Å². The van der Waals surface area contributed by atoms with Crippen molar-refractivity contribution < 1.29 is 9.53 Å². The summed E-state index contributed by atoms with van der Waals surface area (Å²) >= 11 is 0. The molecule has 110 valence electrons. The summed E-state index contributed by atoms with van der Waals surface area (Å²) in [6, 6.07) is 4.03. The highest BCUT2D eigenvalue weighted by atomic mass is 16.5. The lowest BCUT2D eigenvalue weighted by Crippen LogP contribution is -2.47. The molecule has 1 aromatic heterocycles. The molecule has 1 amide bonds. The van der Waals surface area contributed by atoms with Crippen LogP contribution in [0.4, 0.5) is 0 Å². The fourth-order valence-electron chi connectivity index (χ4n) is 2.46. The van der Waals surface area contributed by atoms with Crippen LogP contribution in [0.1, 0.15) is 5.56 Å². The van der Waals surface area contributed by atoms with Crippen LogP contribution in [0, 0.1) is 0 Å².